The van der Waals surface area contributed by atoms with Gasteiger partial charge in [-0.1, -0.05) is 19.3 Å². The molecule has 5 nitrogen and oxygen atoms in total. The minimum absolute atomic E-state index is 0.121. The number of fused-ring (bicyclic) bond motifs is 1. The number of amides is 1. The molecule has 1 aliphatic carbocycles. The summed E-state index contributed by atoms with van der Waals surface area (Å²) in [6.07, 6.45) is 8.85. The van der Waals surface area contributed by atoms with Crippen LogP contribution in [0.5, 0.6) is 0 Å². The topological polar surface area (TPSA) is 70.7 Å². The van der Waals surface area contributed by atoms with E-state index in [4.69, 9.17) is 0 Å². The van der Waals surface area contributed by atoms with Crippen LogP contribution >= 0.6 is 0 Å². The fraction of sp³-hybridized carbons (Fsp3) is 0.462. The second kappa shape index (κ2) is 4.76. The third-order valence-electron chi connectivity index (χ3n) is 3.52. The zero-order chi connectivity index (χ0) is 12.4. The van der Waals surface area contributed by atoms with Gasteiger partial charge in [-0.05, 0) is 18.9 Å². The van der Waals surface area contributed by atoms with Crippen molar-refractivity contribution in [2.75, 3.05) is 5.32 Å². The summed E-state index contributed by atoms with van der Waals surface area (Å²) in [5.74, 6) is 0.284. The smallest absolute Gasteiger partial charge is 0.227 e. The molecule has 0 radical (unpaired) electrons. The summed E-state index contributed by atoms with van der Waals surface area (Å²) in [5, 5.41) is 2.94. The number of rotatable bonds is 2. The average Bonchev–Trinajstić information content (AvgIpc) is 2.87. The van der Waals surface area contributed by atoms with Crippen LogP contribution in [0.3, 0.4) is 0 Å². The number of pyridine rings is 1. The second-order valence-corrected chi connectivity index (χ2v) is 4.82. The maximum atomic E-state index is 12.1. The molecule has 0 saturated heterocycles. The summed E-state index contributed by atoms with van der Waals surface area (Å²) >= 11 is 0. The summed E-state index contributed by atoms with van der Waals surface area (Å²) in [6.45, 7) is 0. The number of nitrogens with one attached hydrogen (secondary N) is 2. The SMILES string of the molecule is O=C(Nc1cnc2nc[nH]c2c1)C1CCCCC1. The lowest BCUT2D eigenvalue weighted by Gasteiger charge is -2.20. The molecule has 0 spiro atoms. The van der Waals surface area contributed by atoms with Crippen molar-refractivity contribution < 1.29 is 4.79 Å². The van der Waals surface area contributed by atoms with E-state index in [2.05, 4.69) is 20.3 Å². The molecule has 0 bridgehead atoms. The Morgan fingerprint density at radius 1 is 1.28 bits per heavy atom. The lowest BCUT2D eigenvalue weighted by Crippen LogP contribution is -2.24. The first-order chi connectivity index (χ1) is 8.83. The number of aromatic amines is 1. The molecule has 1 amide bonds. The van der Waals surface area contributed by atoms with Gasteiger partial charge in [-0.2, -0.15) is 0 Å². The zero-order valence-corrected chi connectivity index (χ0v) is 10.1. The van der Waals surface area contributed by atoms with E-state index in [-0.39, 0.29) is 11.8 Å². The second-order valence-electron chi connectivity index (χ2n) is 4.82. The predicted molar refractivity (Wildman–Crippen MR) is 69.1 cm³/mol. The fourth-order valence-electron chi connectivity index (χ4n) is 2.51. The van der Waals surface area contributed by atoms with Crippen molar-refractivity contribution >= 4 is 22.8 Å². The Balaban J connectivity index is 1.72. The summed E-state index contributed by atoms with van der Waals surface area (Å²) in [6, 6.07) is 1.87. The molecule has 3 rings (SSSR count). The quantitative estimate of drug-likeness (QED) is 0.852. The number of aromatic nitrogens is 3. The third-order valence-corrected chi connectivity index (χ3v) is 3.52. The monoisotopic (exact) mass is 244 g/mol. The van der Waals surface area contributed by atoms with Gasteiger partial charge < -0.3 is 10.3 Å². The third kappa shape index (κ3) is 2.20. The number of nitrogens with zero attached hydrogens (tertiary/aromatic N) is 2. The molecule has 1 fully saturated rings. The zero-order valence-electron chi connectivity index (χ0n) is 10.1. The van der Waals surface area contributed by atoms with E-state index in [1.165, 1.54) is 6.42 Å². The molecule has 2 aromatic rings. The Morgan fingerprint density at radius 3 is 2.94 bits per heavy atom. The van der Waals surface area contributed by atoms with Crippen molar-refractivity contribution in [1.82, 2.24) is 15.0 Å². The molecule has 0 aromatic carbocycles. The van der Waals surface area contributed by atoms with Crippen molar-refractivity contribution in [1.29, 1.82) is 0 Å². The highest BCUT2D eigenvalue weighted by atomic mass is 16.1. The number of imidazole rings is 1. The van der Waals surface area contributed by atoms with Crippen LogP contribution in [0.15, 0.2) is 18.6 Å². The molecule has 1 aliphatic rings. The molecule has 0 unspecified atom stereocenters. The van der Waals surface area contributed by atoms with E-state index < -0.39 is 0 Å². The molecule has 2 heterocycles. The van der Waals surface area contributed by atoms with Crippen molar-refractivity contribution in [2.24, 2.45) is 5.92 Å². The van der Waals surface area contributed by atoms with Crippen LogP contribution in [-0.2, 0) is 4.79 Å². The Hall–Kier alpha value is -1.91. The molecule has 2 N–H and O–H groups in total. The maximum Gasteiger partial charge on any atom is 0.227 e. The molecular weight excluding hydrogens is 228 g/mol. The van der Waals surface area contributed by atoms with E-state index in [0.29, 0.717) is 5.65 Å². The Labute approximate surface area is 105 Å². The molecular formula is C13H16N4O. The highest BCUT2D eigenvalue weighted by molar-refractivity contribution is 5.93. The Bertz CT molecular complexity index is 557. The minimum Gasteiger partial charge on any atom is -0.343 e. The average molecular weight is 244 g/mol. The van der Waals surface area contributed by atoms with Gasteiger partial charge in [0.1, 0.15) is 0 Å². The van der Waals surface area contributed by atoms with Crippen molar-refractivity contribution in [3.8, 4) is 0 Å². The minimum atomic E-state index is 0.121. The van der Waals surface area contributed by atoms with Crippen molar-refractivity contribution in [2.45, 2.75) is 32.1 Å². The van der Waals surface area contributed by atoms with Crippen LogP contribution in [0, 0.1) is 5.92 Å². The summed E-state index contributed by atoms with van der Waals surface area (Å²) in [5.41, 5.74) is 2.25. The van der Waals surface area contributed by atoms with Gasteiger partial charge in [-0.3, -0.25) is 4.79 Å². The normalized spacial score (nSPS) is 16.9. The number of hydrogen-bond acceptors (Lipinski definition) is 3. The van der Waals surface area contributed by atoms with Gasteiger partial charge >= 0.3 is 0 Å². The highest BCUT2D eigenvalue weighted by Crippen LogP contribution is 2.25. The van der Waals surface area contributed by atoms with E-state index in [0.717, 1.165) is 36.9 Å². The summed E-state index contributed by atoms with van der Waals surface area (Å²) in [4.78, 5) is 23.3. The molecule has 1 saturated carbocycles. The molecule has 0 aliphatic heterocycles. The summed E-state index contributed by atoms with van der Waals surface area (Å²) in [7, 11) is 0. The first kappa shape index (κ1) is 11.2. The van der Waals surface area contributed by atoms with E-state index in [1.807, 2.05) is 6.07 Å². The predicted octanol–water partition coefficient (Wildman–Crippen LogP) is 2.48. The lowest BCUT2D eigenvalue weighted by atomic mass is 9.88. The van der Waals surface area contributed by atoms with Gasteiger partial charge in [0.25, 0.3) is 0 Å². The molecule has 94 valence electrons. The number of carbonyl (C=O) groups excluding carboxylic acids is 1. The number of carbonyl (C=O) groups is 1. The molecule has 0 atom stereocenters. The maximum absolute atomic E-state index is 12.1. The fourth-order valence-corrected chi connectivity index (χ4v) is 2.51. The molecule has 5 heteroatoms. The van der Waals surface area contributed by atoms with Gasteiger partial charge in [-0.15, -0.1) is 0 Å². The van der Waals surface area contributed by atoms with Gasteiger partial charge in [0, 0.05) is 5.92 Å². The van der Waals surface area contributed by atoms with Crippen LogP contribution in [0.25, 0.3) is 11.2 Å². The van der Waals surface area contributed by atoms with Gasteiger partial charge in [0.15, 0.2) is 5.65 Å². The van der Waals surface area contributed by atoms with Gasteiger partial charge in [-0.25, -0.2) is 9.97 Å². The molecule has 2 aromatic heterocycles. The van der Waals surface area contributed by atoms with Crippen LogP contribution in [0.2, 0.25) is 0 Å². The first-order valence-corrected chi connectivity index (χ1v) is 6.43. The van der Waals surface area contributed by atoms with Crippen LogP contribution in [0.4, 0.5) is 5.69 Å². The van der Waals surface area contributed by atoms with Crippen molar-refractivity contribution in [3.05, 3.63) is 18.6 Å². The standard InChI is InChI=1S/C13H16N4O/c18-13(9-4-2-1-3-5-9)17-10-6-11-12(14-7-10)16-8-15-11/h6-9H,1-5H2,(H,17,18)(H,14,15,16). The number of anilines is 1. The Kier molecular flexibility index (Phi) is 2.96. The lowest BCUT2D eigenvalue weighted by molar-refractivity contribution is -0.120. The van der Waals surface area contributed by atoms with Gasteiger partial charge in [0.05, 0.1) is 23.7 Å². The van der Waals surface area contributed by atoms with Crippen LogP contribution in [0.1, 0.15) is 32.1 Å². The number of hydrogen-bond donors (Lipinski definition) is 2. The van der Waals surface area contributed by atoms with Crippen LogP contribution in [-0.4, -0.2) is 20.9 Å². The highest BCUT2D eigenvalue weighted by Gasteiger charge is 2.21. The Morgan fingerprint density at radius 2 is 2.11 bits per heavy atom. The van der Waals surface area contributed by atoms with E-state index in [9.17, 15) is 4.79 Å². The first-order valence-electron chi connectivity index (χ1n) is 6.43. The molecule has 18 heavy (non-hydrogen) atoms. The van der Waals surface area contributed by atoms with Crippen molar-refractivity contribution in [3.63, 3.8) is 0 Å². The van der Waals surface area contributed by atoms with Crippen LogP contribution < -0.4 is 5.32 Å². The number of H-pyrrole nitrogens is 1. The van der Waals surface area contributed by atoms with E-state index >= 15 is 0 Å². The van der Waals surface area contributed by atoms with Gasteiger partial charge in [0.2, 0.25) is 5.91 Å². The summed E-state index contributed by atoms with van der Waals surface area (Å²) < 4.78 is 0. The van der Waals surface area contributed by atoms with E-state index in [1.54, 1.807) is 12.5 Å². The largest absolute Gasteiger partial charge is 0.343 e.